The normalized spacial score (nSPS) is 12.1. The molecule has 0 saturated heterocycles. The van der Waals surface area contributed by atoms with E-state index in [-0.39, 0.29) is 25.0 Å². The molecule has 31 heavy (non-hydrogen) atoms. The van der Waals surface area contributed by atoms with Crippen LogP contribution in [0.1, 0.15) is 39.7 Å². The van der Waals surface area contributed by atoms with Gasteiger partial charge < -0.3 is 19.7 Å². The Morgan fingerprint density at radius 3 is 2.35 bits per heavy atom. The number of methoxy groups -OCH3 is 1. The monoisotopic (exact) mass is 490 g/mol. The van der Waals surface area contributed by atoms with Gasteiger partial charge in [0.15, 0.2) is 6.61 Å². The van der Waals surface area contributed by atoms with E-state index in [1.165, 1.54) is 0 Å². The Bertz CT molecular complexity index is 878. The van der Waals surface area contributed by atoms with Crippen LogP contribution in [0.5, 0.6) is 11.5 Å². The second kappa shape index (κ2) is 11.2. The number of benzene rings is 2. The molecule has 2 rings (SSSR count). The Kier molecular flexibility index (Phi) is 8.92. The first-order chi connectivity index (χ1) is 14.6. The molecule has 0 aliphatic heterocycles. The molecule has 168 valence electrons. The number of rotatable bonds is 9. The molecule has 2 aromatic rings. The van der Waals surface area contributed by atoms with Gasteiger partial charge in [-0.25, -0.2) is 0 Å². The topological polar surface area (TPSA) is 67.9 Å². The Morgan fingerprint density at radius 2 is 1.77 bits per heavy atom. The highest BCUT2D eigenvalue weighted by Crippen LogP contribution is 2.19. The lowest BCUT2D eigenvalue weighted by Gasteiger charge is -2.33. The summed E-state index contributed by atoms with van der Waals surface area (Å²) >= 11 is 3.38. The van der Waals surface area contributed by atoms with Gasteiger partial charge in [-0.15, -0.1) is 0 Å². The molecule has 0 aliphatic rings. The van der Waals surface area contributed by atoms with Crippen molar-refractivity contribution in [3.05, 3.63) is 58.6 Å². The summed E-state index contributed by atoms with van der Waals surface area (Å²) in [5, 5.41) is 2.99. The lowest BCUT2D eigenvalue weighted by Crippen LogP contribution is -2.54. The van der Waals surface area contributed by atoms with E-state index < -0.39 is 11.6 Å². The number of nitrogens with zero attached hydrogens (tertiary/aromatic N) is 1. The molecule has 2 aromatic carbocycles. The molecule has 0 heterocycles. The van der Waals surface area contributed by atoms with Crippen molar-refractivity contribution in [1.82, 2.24) is 10.2 Å². The number of carbonyl (C=O) groups excluding carboxylic acids is 2. The van der Waals surface area contributed by atoms with Crippen LogP contribution in [-0.2, 0) is 16.1 Å². The summed E-state index contributed by atoms with van der Waals surface area (Å²) in [7, 11) is 1.60. The van der Waals surface area contributed by atoms with Crippen LogP contribution < -0.4 is 14.8 Å². The van der Waals surface area contributed by atoms with Crippen molar-refractivity contribution in [2.24, 2.45) is 0 Å². The highest BCUT2D eigenvalue weighted by atomic mass is 79.9. The van der Waals surface area contributed by atoms with E-state index in [4.69, 9.17) is 9.47 Å². The average Bonchev–Trinajstić information content (AvgIpc) is 2.71. The van der Waals surface area contributed by atoms with Crippen LogP contribution in [0.4, 0.5) is 0 Å². The SMILES string of the molecule is CC[C@H](C(=O)NC(C)(C)C)N(Cc1cccc(OC)c1)C(=O)COc1ccc(Br)cc1. The molecule has 0 bridgehead atoms. The standard InChI is InChI=1S/C24H31BrN2O4/c1-6-21(23(29)26-24(2,3)4)27(15-17-8-7-9-20(14-17)30-5)22(28)16-31-19-12-10-18(25)11-13-19/h7-14,21H,6,15-16H2,1-5H3,(H,26,29)/t21-/m1/s1. The third-order valence-electron chi connectivity index (χ3n) is 4.55. The summed E-state index contributed by atoms with van der Waals surface area (Å²) in [5.74, 6) is 0.838. The molecule has 7 heteroatoms. The molecular weight excluding hydrogens is 460 g/mol. The molecule has 1 atom stereocenters. The number of hydrogen-bond donors (Lipinski definition) is 1. The van der Waals surface area contributed by atoms with E-state index in [1.807, 2.05) is 64.1 Å². The quantitative estimate of drug-likeness (QED) is 0.559. The van der Waals surface area contributed by atoms with Gasteiger partial charge in [0.05, 0.1) is 7.11 Å². The van der Waals surface area contributed by atoms with Crippen molar-refractivity contribution in [3.8, 4) is 11.5 Å². The van der Waals surface area contributed by atoms with Gasteiger partial charge in [-0.1, -0.05) is 35.0 Å². The van der Waals surface area contributed by atoms with Gasteiger partial charge in [-0.2, -0.15) is 0 Å². The largest absolute Gasteiger partial charge is 0.497 e. The van der Waals surface area contributed by atoms with Gasteiger partial charge >= 0.3 is 0 Å². The van der Waals surface area contributed by atoms with E-state index in [0.29, 0.717) is 17.9 Å². The van der Waals surface area contributed by atoms with Crippen LogP contribution in [0.25, 0.3) is 0 Å². The van der Waals surface area contributed by atoms with Crippen molar-refractivity contribution in [2.75, 3.05) is 13.7 Å². The number of halogens is 1. The highest BCUT2D eigenvalue weighted by Gasteiger charge is 2.31. The summed E-state index contributed by atoms with van der Waals surface area (Å²) in [6, 6.07) is 14.1. The van der Waals surface area contributed by atoms with E-state index in [2.05, 4.69) is 21.2 Å². The van der Waals surface area contributed by atoms with Crippen molar-refractivity contribution in [3.63, 3.8) is 0 Å². The van der Waals surface area contributed by atoms with Crippen molar-refractivity contribution in [2.45, 2.75) is 52.2 Å². The van der Waals surface area contributed by atoms with Gasteiger partial charge in [-0.05, 0) is 69.2 Å². The van der Waals surface area contributed by atoms with E-state index in [9.17, 15) is 9.59 Å². The third kappa shape index (κ3) is 7.90. The fourth-order valence-corrected chi connectivity index (χ4v) is 3.36. The first-order valence-electron chi connectivity index (χ1n) is 10.3. The van der Waals surface area contributed by atoms with Crippen LogP contribution in [0.15, 0.2) is 53.0 Å². The molecule has 0 spiro atoms. The molecule has 6 nitrogen and oxygen atoms in total. The fraction of sp³-hybridized carbons (Fsp3) is 0.417. The fourth-order valence-electron chi connectivity index (χ4n) is 3.10. The second-order valence-electron chi connectivity index (χ2n) is 8.28. The predicted molar refractivity (Wildman–Crippen MR) is 125 cm³/mol. The van der Waals surface area contributed by atoms with Gasteiger partial charge in [-0.3, -0.25) is 9.59 Å². The van der Waals surface area contributed by atoms with Gasteiger partial charge in [0, 0.05) is 16.6 Å². The maximum atomic E-state index is 13.2. The van der Waals surface area contributed by atoms with Gasteiger partial charge in [0.1, 0.15) is 17.5 Å². The van der Waals surface area contributed by atoms with Crippen LogP contribution in [-0.4, -0.2) is 42.0 Å². The second-order valence-corrected chi connectivity index (χ2v) is 9.19. The van der Waals surface area contributed by atoms with Crippen LogP contribution >= 0.6 is 15.9 Å². The summed E-state index contributed by atoms with van der Waals surface area (Å²) < 4.78 is 11.9. The summed E-state index contributed by atoms with van der Waals surface area (Å²) in [6.07, 6.45) is 0.482. The van der Waals surface area contributed by atoms with Crippen LogP contribution in [0.3, 0.4) is 0 Å². The Hall–Kier alpha value is -2.54. The molecular formula is C24H31BrN2O4. The summed E-state index contributed by atoms with van der Waals surface area (Å²) in [5.41, 5.74) is 0.474. The minimum absolute atomic E-state index is 0.162. The molecule has 0 aliphatic carbocycles. The number of carbonyl (C=O) groups is 2. The van der Waals surface area contributed by atoms with Gasteiger partial charge in [0.2, 0.25) is 5.91 Å². The molecule has 0 fully saturated rings. The first kappa shape index (κ1) is 24.7. The van der Waals surface area contributed by atoms with Crippen LogP contribution in [0, 0.1) is 0 Å². The Labute approximate surface area is 193 Å². The van der Waals surface area contributed by atoms with Gasteiger partial charge in [0.25, 0.3) is 5.91 Å². The maximum Gasteiger partial charge on any atom is 0.261 e. The number of nitrogens with one attached hydrogen (secondary N) is 1. The molecule has 0 radical (unpaired) electrons. The Morgan fingerprint density at radius 1 is 1.10 bits per heavy atom. The zero-order valence-corrected chi connectivity index (χ0v) is 20.4. The lowest BCUT2D eigenvalue weighted by atomic mass is 10.1. The minimum Gasteiger partial charge on any atom is -0.497 e. The average molecular weight is 491 g/mol. The Balaban J connectivity index is 2.24. The molecule has 1 N–H and O–H groups in total. The first-order valence-corrected chi connectivity index (χ1v) is 11.0. The molecule has 0 unspecified atom stereocenters. The molecule has 0 aromatic heterocycles. The molecule has 0 saturated carbocycles. The van der Waals surface area contributed by atoms with Crippen molar-refractivity contribution < 1.29 is 19.1 Å². The number of amides is 2. The predicted octanol–water partition coefficient (Wildman–Crippen LogP) is 4.56. The zero-order valence-electron chi connectivity index (χ0n) is 18.8. The third-order valence-corrected chi connectivity index (χ3v) is 5.08. The zero-order chi connectivity index (χ0) is 23.0. The summed E-state index contributed by atoms with van der Waals surface area (Å²) in [4.78, 5) is 27.8. The highest BCUT2D eigenvalue weighted by molar-refractivity contribution is 9.10. The van der Waals surface area contributed by atoms with E-state index >= 15 is 0 Å². The number of ether oxygens (including phenoxy) is 2. The van der Waals surface area contributed by atoms with Crippen LogP contribution in [0.2, 0.25) is 0 Å². The molecule has 2 amide bonds. The minimum atomic E-state index is -0.619. The van der Waals surface area contributed by atoms with E-state index in [0.717, 1.165) is 10.0 Å². The lowest BCUT2D eigenvalue weighted by molar-refractivity contribution is -0.143. The van der Waals surface area contributed by atoms with Crippen molar-refractivity contribution in [1.29, 1.82) is 0 Å². The van der Waals surface area contributed by atoms with E-state index in [1.54, 1.807) is 24.1 Å². The number of hydrogen-bond acceptors (Lipinski definition) is 4. The smallest absolute Gasteiger partial charge is 0.261 e. The summed E-state index contributed by atoms with van der Waals surface area (Å²) in [6.45, 7) is 7.77. The maximum absolute atomic E-state index is 13.2. The van der Waals surface area contributed by atoms with Crippen molar-refractivity contribution >= 4 is 27.7 Å².